The summed E-state index contributed by atoms with van der Waals surface area (Å²) in [6.07, 6.45) is 6.19. The molecule has 174 valence electrons. The van der Waals surface area contributed by atoms with Crippen LogP contribution in [0.15, 0.2) is 49.1 Å². The Morgan fingerprint density at radius 1 is 1.25 bits per heavy atom. The van der Waals surface area contributed by atoms with E-state index in [1.54, 1.807) is 0 Å². The molecule has 2 aromatic rings. The predicted molar refractivity (Wildman–Crippen MR) is 142 cm³/mol. The molecule has 0 amide bonds. The zero-order chi connectivity index (χ0) is 23.5. The molecule has 0 saturated heterocycles. The number of carbonyl (C=O) groups is 1. The smallest absolute Gasteiger partial charge is 0.120 e. The first kappa shape index (κ1) is 26.5. The van der Waals surface area contributed by atoms with Gasteiger partial charge in [0, 0.05) is 31.3 Å². The van der Waals surface area contributed by atoms with Crippen LogP contribution in [-0.2, 0) is 21.8 Å². The van der Waals surface area contributed by atoms with E-state index < -0.39 is 0 Å². The van der Waals surface area contributed by atoms with Gasteiger partial charge in [-0.2, -0.15) is 12.6 Å². The third-order valence-electron chi connectivity index (χ3n) is 5.63. The molecule has 3 atom stereocenters. The summed E-state index contributed by atoms with van der Waals surface area (Å²) in [5, 5.41) is 7.25. The molecule has 2 aromatic carbocycles. The number of anilines is 1. The summed E-state index contributed by atoms with van der Waals surface area (Å²) < 4.78 is 3.94. The molecular formula is C26H36N2O2S2. The van der Waals surface area contributed by atoms with Gasteiger partial charge < -0.3 is 19.6 Å². The van der Waals surface area contributed by atoms with E-state index in [-0.39, 0.29) is 5.37 Å². The summed E-state index contributed by atoms with van der Waals surface area (Å²) in [6.45, 7) is 9.22. The van der Waals surface area contributed by atoms with E-state index in [1.165, 1.54) is 40.6 Å². The first-order chi connectivity index (χ1) is 15.4. The third kappa shape index (κ3) is 7.69. The number of rotatable bonds is 11. The molecule has 0 aliphatic carbocycles. The van der Waals surface area contributed by atoms with Gasteiger partial charge in [0.15, 0.2) is 0 Å². The lowest BCUT2D eigenvalue weighted by molar-refractivity contribution is -0.107. The molecule has 0 aromatic heterocycles. The Labute approximate surface area is 204 Å². The van der Waals surface area contributed by atoms with Crippen molar-refractivity contribution in [2.24, 2.45) is 0 Å². The van der Waals surface area contributed by atoms with Crippen molar-refractivity contribution in [2.75, 3.05) is 19.0 Å². The minimum atomic E-state index is 0.107. The van der Waals surface area contributed by atoms with Crippen LogP contribution in [-0.4, -0.2) is 25.3 Å². The maximum Gasteiger partial charge on any atom is 0.120 e. The van der Waals surface area contributed by atoms with Gasteiger partial charge >= 0.3 is 0 Å². The maximum absolute atomic E-state index is 10.5. The third-order valence-corrected chi connectivity index (χ3v) is 6.00. The number of carbonyl (C=O) groups excluding carboxylic acids is 1. The lowest BCUT2D eigenvalue weighted by Crippen LogP contribution is -2.31. The molecule has 1 heterocycles. The van der Waals surface area contributed by atoms with Crippen molar-refractivity contribution in [3.05, 3.63) is 76.9 Å². The van der Waals surface area contributed by atoms with Crippen molar-refractivity contribution in [2.45, 2.75) is 56.9 Å². The van der Waals surface area contributed by atoms with Crippen LogP contribution in [0.1, 0.15) is 59.5 Å². The van der Waals surface area contributed by atoms with Crippen LogP contribution >= 0.6 is 25.5 Å². The largest absolute Gasteiger partial charge is 0.378 e. The summed E-state index contributed by atoms with van der Waals surface area (Å²) >= 11 is 8.05. The van der Waals surface area contributed by atoms with Gasteiger partial charge in [0.05, 0.1) is 11.4 Å². The van der Waals surface area contributed by atoms with E-state index in [0.29, 0.717) is 18.4 Å². The molecular weight excluding hydrogens is 436 g/mol. The van der Waals surface area contributed by atoms with Gasteiger partial charge in [-0.1, -0.05) is 43.3 Å². The molecule has 6 heteroatoms. The Bertz CT molecular complexity index is 871. The number of thiol groups is 2. The average molecular weight is 473 g/mol. The first-order valence-corrected chi connectivity index (χ1v) is 11.9. The zero-order valence-electron chi connectivity index (χ0n) is 19.3. The van der Waals surface area contributed by atoms with Gasteiger partial charge in [-0.25, -0.2) is 0 Å². The normalized spacial score (nSPS) is 15.8. The molecule has 1 aliphatic heterocycles. The van der Waals surface area contributed by atoms with E-state index in [2.05, 4.69) is 84.6 Å². The molecule has 2 N–H and O–H groups in total. The topological polar surface area (TPSA) is 50.4 Å². The van der Waals surface area contributed by atoms with Crippen LogP contribution in [0, 0.1) is 6.92 Å². The number of fused-ring (bicyclic) bond motifs is 1. The van der Waals surface area contributed by atoms with Crippen LogP contribution in [0.4, 0.5) is 5.69 Å². The minimum Gasteiger partial charge on any atom is -0.378 e. The highest BCUT2D eigenvalue weighted by atomic mass is 32.1. The second-order valence-electron chi connectivity index (χ2n) is 8.27. The number of benzene rings is 2. The van der Waals surface area contributed by atoms with Crippen LogP contribution in [0.3, 0.4) is 0 Å². The molecule has 0 saturated carbocycles. The number of hydrogen-bond acceptors (Lipinski definition) is 6. The predicted octanol–water partition coefficient (Wildman–Crippen LogP) is 5.84. The Morgan fingerprint density at radius 2 is 1.91 bits per heavy atom. The number of hydrogen-bond donors (Lipinski definition) is 4. The molecule has 32 heavy (non-hydrogen) atoms. The quantitative estimate of drug-likeness (QED) is 0.109. The highest BCUT2D eigenvalue weighted by Crippen LogP contribution is 2.43. The fourth-order valence-electron chi connectivity index (χ4n) is 4.05. The molecule has 0 fully saturated rings. The zero-order valence-corrected chi connectivity index (χ0v) is 21.1. The lowest BCUT2D eigenvalue weighted by atomic mass is 9.83. The summed E-state index contributed by atoms with van der Waals surface area (Å²) in [7, 11) is 1.49. The lowest BCUT2D eigenvalue weighted by Gasteiger charge is -2.36. The van der Waals surface area contributed by atoms with Gasteiger partial charge in [-0.05, 0) is 73.3 Å². The summed E-state index contributed by atoms with van der Waals surface area (Å²) in [5.41, 5.74) is 7.92. The van der Waals surface area contributed by atoms with E-state index >= 15 is 0 Å². The van der Waals surface area contributed by atoms with Gasteiger partial charge in [-0.15, -0.1) is 6.58 Å². The van der Waals surface area contributed by atoms with E-state index in [4.69, 9.17) is 12.6 Å². The van der Waals surface area contributed by atoms with Gasteiger partial charge in [-0.3, -0.25) is 0 Å². The second-order valence-corrected chi connectivity index (χ2v) is 9.26. The van der Waals surface area contributed by atoms with Crippen molar-refractivity contribution >= 4 is 37.5 Å². The minimum absolute atomic E-state index is 0.107. The molecule has 4 nitrogen and oxygen atoms in total. The van der Waals surface area contributed by atoms with Crippen LogP contribution in [0.25, 0.3) is 0 Å². The van der Waals surface area contributed by atoms with Crippen LogP contribution in [0.5, 0.6) is 0 Å². The molecule has 1 aliphatic rings. The Morgan fingerprint density at radius 3 is 2.53 bits per heavy atom. The van der Waals surface area contributed by atoms with Gasteiger partial charge in [0.25, 0.3) is 0 Å². The van der Waals surface area contributed by atoms with Crippen LogP contribution in [0.2, 0.25) is 0 Å². The van der Waals surface area contributed by atoms with Crippen LogP contribution < -0.4 is 10.6 Å². The molecule has 0 bridgehead atoms. The van der Waals surface area contributed by atoms with Crippen molar-refractivity contribution in [3.8, 4) is 0 Å². The molecule has 0 spiro atoms. The molecule has 3 rings (SSSR count). The first-order valence-electron chi connectivity index (χ1n) is 11.1. The monoisotopic (exact) mass is 472 g/mol. The fraction of sp³-hybridized carbons (Fsp3) is 0.423. The van der Waals surface area contributed by atoms with Gasteiger partial charge in [0.1, 0.15) is 6.29 Å². The Kier molecular flexibility index (Phi) is 11.4. The van der Waals surface area contributed by atoms with E-state index in [1.807, 2.05) is 6.08 Å². The average Bonchev–Trinajstić information content (AvgIpc) is 2.76. The highest BCUT2D eigenvalue weighted by Gasteiger charge is 2.29. The fourth-order valence-corrected chi connectivity index (χ4v) is 4.37. The molecule has 0 radical (unpaired) electrons. The highest BCUT2D eigenvalue weighted by molar-refractivity contribution is 7.80. The SMILES string of the molecule is C=CCC1Nc2cc(C)cc(C(C)CNC(S)Cc3ccc(CCC=O)cc3)c21.COS. The van der Waals surface area contributed by atoms with Crippen molar-refractivity contribution in [1.82, 2.24) is 5.32 Å². The standard InChI is InChI=1S/C25H32N2OS.CH4OS/c1-4-6-22-25-21(13-17(2)14-23(25)27-22)18(3)16-26-24(29)15-20-10-8-19(9-11-20)7-5-12-28;1-2-3/h4,8-14,18,22,24,26-27,29H,1,5-7,15-16H2,2-3H3;3H,1H3. The number of aldehydes is 1. The number of nitrogens with one attached hydrogen (secondary N) is 2. The summed E-state index contributed by atoms with van der Waals surface area (Å²) in [6, 6.07) is 13.5. The van der Waals surface area contributed by atoms with Gasteiger partial charge in [0.2, 0.25) is 0 Å². The second kappa shape index (κ2) is 13.7. The summed E-state index contributed by atoms with van der Waals surface area (Å²) in [4.78, 5) is 10.5. The molecule has 3 unspecified atom stereocenters. The Balaban J connectivity index is 0.00000114. The van der Waals surface area contributed by atoms with E-state index in [9.17, 15) is 4.79 Å². The van der Waals surface area contributed by atoms with Crippen molar-refractivity contribution in [1.29, 1.82) is 0 Å². The summed E-state index contributed by atoms with van der Waals surface area (Å²) in [5.74, 6) is 0.415. The van der Waals surface area contributed by atoms with Crippen molar-refractivity contribution < 1.29 is 8.98 Å². The Hall–Kier alpha value is -1.73. The number of aryl methyl sites for hydroxylation is 2. The van der Waals surface area contributed by atoms with Crippen molar-refractivity contribution in [3.63, 3.8) is 0 Å². The van der Waals surface area contributed by atoms with E-state index in [0.717, 1.165) is 32.1 Å². The maximum atomic E-state index is 10.5.